The summed E-state index contributed by atoms with van der Waals surface area (Å²) in [5.74, 6) is -2.17. The number of aromatic nitrogens is 2. The molecule has 0 aliphatic rings. The Labute approximate surface area is 184 Å². The fraction of sp³-hybridized carbons (Fsp3) is 0.182. The third-order valence-corrected chi connectivity index (χ3v) is 5.99. The normalized spacial score (nSPS) is 11.4. The number of hydrogen-bond donors (Lipinski definition) is 2. The van der Waals surface area contributed by atoms with Crippen LogP contribution in [-0.2, 0) is 15.8 Å². The molecule has 2 N–H and O–H groups in total. The SMILES string of the molecule is C=CCNS(=O)(=O)Cc1ccc(NC(=O)c2c(C)nn(-c3ccc(F)cc3F)c2C)cc1. The molecule has 1 amide bonds. The van der Waals surface area contributed by atoms with Gasteiger partial charge in [0.2, 0.25) is 10.0 Å². The summed E-state index contributed by atoms with van der Waals surface area (Å²) in [5, 5.41) is 6.95. The molecular formula is C22H22F2N4O3S. The van der Waals surface area contributed by atoms with Crippen molar-refractivity contribution in [3.8, 4) is 5.69 Å². The molecule has 0 aliphatic heterocycles. The monoisotopic (exact) mass is 460 g/mol. The van der Waals surface area contributed by atoms with Crippen LogP contribution in [0.2, 0.25) is 0 Å². The van der Waals surface area contributed by atoms with Gasteiger partial charge in [0.25, 0.3) is 5.91 Å². The summed E-state index contributed by atoms with van der Waals surface area (Å²) < 4.78 is 55.0. The summed E-state index contributed by atoms with van der Waals surface area (Å²) >= 11 is 0. The van der Waals surface area contributed by atoms with Crippen LogP contribution in [0.4, 0.5) is 14.5 Å². The Bertz CT molecular complexity index is 1270. The minimum absolute atomic E-state index is 0.0293. The molecule has 168 valence electrons. The lowest BCUT2D eigenvalue weighted by Crippen LogP contribution is -2.25. The standard InChI is InChI=1S/C22H22F2N4O3S/c1-4-11-25-32(30,31)13-16-5-8-18(9-6-16)26-22(29)21-14(2)27-28(15(21)3)20-10-7-17(23)12-19(20)24/h4-10,12,25H,1,11,13H2,2-3H3,(H,26,29). The Hall–Kier alpha value is -3.37. The van der Waals surface area contributed by atoms with E-state index in [1.165, 1.54) is 16.8 Å². The van der Waals surface area contributed by atoms with Crippen molar-refractivity contribution >= 4 is 21.6 Å². The Kier molecular flexibility index (Phi) is 6.85. The first kappa shape index (κ1) is 23.3. The van der Waals surface area contributed by atoms with Crippen LogP contribution < -0.4 is 10.0 Å². The van der Waals surface area contributed by atoms with Crippen molar-refractivity contribution < 1.29 is 22.0 Å². The minimum Gasteiger partial charge on any atom is -0.322 e. The zero-order valence-electron chi connectivity index (χ0n) is 17.5. The van der Waals surface area contributed by atoms with Gasteiger partial charge in [-0.15, -0.1) is 6.58 Å². The summed E-state index contributed by atoms with van der Waals surface area (Å²) in [6.45, 7) is 6.84. The van der Waals surface area contributed by atoms with E-state index in [1.54, 1.807) is 38.1 Å². The molecule has 10 heteroatoms. The molecule has 0 atom stereocenters. The van der Waals surface area contributed by atoms with E-state index in [-0.39, 0.29) is 23.5 Å². The number of aryl methyl sites for hydroxylation is 1. The number of nitrogens with zero attached hydrogens (tertiary/aromatic N) is 2. The molecule has 3 aromatic rings. The topological polar surface area (TPSA) is 93.1 Å². The molecular weight excluding hydrogens is 438 g/mol. The molecule has 32 heavy (non-hydrogen) atoms. The number of carbonyl (C=O) groups is 1. The van der Waals surface area contributed by atoms with Gasteiger partial charge in [0.05, 0.1) is 22.7 Å². The Balaban J connectivity index is 1.78. The van der Waals surface area contributed by atoms with E-state index in [4.69, 9.17) is 0 Å². The van der Waals surface area contributed by atoms with Crippen molar-refractivity contribution in [2.24, 2.45) is 0 Å². The smallest absolute Gasteiger partial charge is 0.259 e. The lowest BCUT2D eigenvalue weighted by molar-refractivity contribution is 0.102. The number of sulfonamides is 1. The van der Waals surface area contributed by atoms with Crippen molar-refractivity contribution in [3.63, 3.8) is 0 Å². The number of anilines is 1. The maximum atomic E-state index is 14.2. The average Bonchev–Trinajstić information content (AvgIpc) is 3.01. The van der Waals surface area contributed by atoms with Gasteiger partial charge >= 0.3 is 0 Å². The number of amides is 1. The first-order valence-electron chi connectivity index (χ1n) is 9.61. The summed E-state index contributed by atoms with van der Waals surface area (Å²) in [6.07, 6.45) is 1.45. The highest BCUT2D eigenvalue weighted by molar-refractivity contribution is 7.88. The van der Waals surface area contributed by atoms with Crippen molar-refractivity contribution in [3.05, 3.63) is 89.3 Å². The Morgan fingerprint density at radius 2 is 1.84 bits per heavy atom. The summed E-state index contributed by atoms with van der Waals surface area (Å²) in [4.78, 5) is 12.8. The predicted molar refractivity (Wildman–Crippen MR) is 118 cm³/mol. The highest BCUT2D eigenvalue weighted by Gasteiger charge is 2.21. The zero-order valence-corrected chi connectivity index (χ0v) is 18.3. The maximum Gasteiger partial charge on any atom is 0.259 e. The van der Waals surface area contributed by atoms with Gasteiger partial charge in [0.1, 0.15) is 11.5 Å². The fourth-order valence-electron chi connectivity index (χ4n) is 3.19. The van der Waals surface area contributed by atoms with Gasteiger partial charge in [0, 0.05) is 18.3 Å². The lowest BCUT2D eigenvalue weighted by atomic mass is 10.1. The number of rotatable bonds is 8. The summed E-state index contributed by atoms with van der Waals surface area (Å²) in [7, 11) is -3.49. The molecule has 0 saturated heterocycles. The molecule has 0 bridgehead atoms. The van der Waals surface area contributed by atoms with Crippen LogP contribution in [-0.4, -0.2) is 30.7 Å². The minimum atomic E-state index is -3.49. The fourth-order valence-corrected chi connectivity index (χ4v) is 4.30. The third-order valence-electron chi connectivity index (χ3n) is 4.67. The second-order valence-corrected chi connectivity index (χ2v) is 8.91. The predicted octanol–water partition coefficient (Wildman–Crippen LogP) is 3.63. The molecule has 1 aromatic heterocycles. The largest absolute Gasteiger partial charge is 0.322 e. The van der Waals surface area contributed by atoms with Crippen molar-refractivity contribution in [1.29, 1.82) is 0 Å². The van der Waals surface area contributed by atoms with Gasteiger partial charge < -0.3 is 5.32 Å². The summed E-state index contributed by atoms with van der Waals surface area (Å²) in [6, 6.07) is 9.49. The number of hydrogen-bond acceptors (Lipinski definition) is 4. The van der Waals surface area contributed by atoms with Crippen molar-refractivity contribution in [2.45, 2.75) is 19.6 Å². The summed E-state index contributed by atoms with van der Waals surface area (Å²) in [5.41, 5.74) is 2.05. The van der Waals surface area contributed by atoms with Gasteiger partial charge in [-0.3, -0.25) is 4.79 Å². The van der Waals surface area contributed by atoms with Crippen LogP contribution >= 0.6 is 0 Å². The van der Waals surface area contributed by atoms with E-state index in [1.807, 2.05) is 0 Å². The van der Waals surface area contributed by atoms with Gasteiger partial charge in [-0.25, -0.2) is 26.6 Å². The maximum absolute atomic E-state index is 14.2. The number of halogens is 2. The van der Waals surface area contributed by atoms with Gasteiger partial charge in [0.15, 0.2) is 5.82 Å². The molecule has 3 rings (SSSR count). The van der Waals surface area contributed by atoms with Crippen molar-refractivity contribution in [1.82, 2.24) is 14.5 Å². The third kappa shape index (κ3) is 5.27. The highest BCUT2D eigenvalue weighted by Crippen LogP contribution is 2.22. The molecule has 0 aliphatic carbocycles. The molecule has 0 radical (unpaired) electrons. The van der Waals surface area contributed by atoms with E-state index in [9.17, 15) is 22.0 Å². The van der Waals surface area contributed by atoms with Crippen LogP contribution in [0.15, 0.2) is 55.1 Å². The highest BCUT2D eigenvalue weighted by atomic mass is 32.2. The number of carbonyl (C=O) groups excluding carboxylic acids is 1. The average molecular weight is 461 g/mol. The zero-order chi connectivity index (χ0) is 23.5. The van der Waals surface area contributed by atoms with Crippen LogP contribution in [0.25, 0.3) is 5.69 Å². The molecule has 0 saturated carbocycles. The van der Waals surface area contributed by atoms with Crippen LogP contribution in [0.5, 0.6) is 0 Å². The Morgan fingerprint density at radius 1 is 1.16 bits per heavy atom. The first-order valence-corrected chi connectivity index (χ1v) is 11.3. The van der Waals surface area contributed by atoms with Crippen LogP contribution in [0.3, 0.4) is 0 Å². The van der Waals surface area contributed by atoms with E-state index in [0.717, 1.165) is 12.1 Å². The second-order valence-electron chi connectivity index (χ2n) is 7.10. The van der Waals surface area contributed by atoms with E-state index >= 15 is 0 Å². The van der Waals surface area contributed by atoms with E-state index in [2.05, 4.69) is 21.7 Å². The van der Waals surface area contributed by atoms with Gasteiger partial charge in [-0.1, -0.05) is 18.2 Å². The second kappa shape index (κ2) is 9.41. The number of nitrogens with one attached hydrogen (secondary N) is 2. The van der Waals surface area contributed by atoms with E-state index < -0.39 is 27.6 Å². The Morgan fingerprint density at radius 3 is 2.47 bits per heavy atom. The van der Waals surface area contributed by atoms with E-state index in [0.29, 0.717) is 22.6 Å². The molecule has 1 heterocycles. The molecule has 0 fully saturated rings. The van der Waals surface area contributed by atoms with Gasteiger partial charge in [-0.2, -0.15) is 5.10 Å². The quantitative estimate of drug-likeness (QED) is 0.502. The molecule has 0 unspecified atom stereocenters. The van der Waals surface area contributed by atoms with Crippen LogP contribution in [0.1, 0.15) is 27.3 Å². The first-order chi connectivity index (χ1) is 15.1. The van der Waals surface area contributed by atoms with Crippen LogP contribution in [0, 0.1) is 25.5 Å². The molecule has 7 nitrogen and oxygen atoms in total. The molecule has 0 spiro atoms. The van der Waals surface area contributed by atoms with Gasteiger partial charge in [-0.05, 0) is 43.7 Å². The number of benzene rings is 2. The van der Waals surface area contributed by atoms with Crippen molar-refractivity contribution in [2.75, 3.05) is 11.9 Å². The lowest BCUT2D eigenvalue weighted by Gasteiger charge is -2.09. The molecule has 2 aromatic carbocycles.